The second-order valence-electron chi connectivity index (χ2n) is 4.03. The molecule has 1 N–H and O–H groups in total. The van der Waals surface area contributed by atoms with Crippen molar-refractivity contribution in [2.75, 3.05) is 11.9 Å². The number of halogens is 1. The van der Waals surface area contributed by atoms with Crippen LogP contribution in [0.2, 0.25) is 5.02 Å². The summed E-state index contributed by atoms with van der Waals surface area (Å²) in [5.41, 5.74) is 0.658. The molecule has 0 aliphatic rings. The smallest absolute Gasteiger partial charge is 0.206 e. The number of aromatic nitrogens is 2. The minimum atomic E-state index is -0.210. The van der Waals surface area contributed by atoms with Crippen LogP contribution in [0, 0.1) is 0 Å². The first-order valence-corrected chi connectivity index (χ1v) is 8.21. The van der Waals surface area contributed by atoms with Crippen molar-refractivity contribution in [1.82, 2.24) is 10.2 Å². The zero-order valence-electron chi connectivity index (χ0n) is 11.1. The average Bonchev–Trinajstić information content (AvgIpc) is 2.86. The Balaban J connectivity index is 2.01. The Kier molecular flexibility index (Phi) is 5.39. The van der Waals surface area contributed by atoms with Crippen molar-refractivity contribution in [2.45, 2.75) is 23.4 Å². The molecule has 0 radical (unpaired) electrons. The third-order valence-corrected chi connectivity index (χ3v) is 4.83. The Labute approximate surface area is 130 Å². The molecule has 0 saturated carbocycles. The molecule has 1 aromatic carbocycles. The molecule has 0 saturated heterocycles. The van der Waals surface area contributed by atoms with Gasteiger partial charge in [0, 0.05) is 17.1 Å². The number of Topliss-reactive ketones (excluding diaryl/α,β-unsaturated/α-hetero) is 1. The normalized spacial score (nSPS) is 12.2. The van der Waals surface area contributed by atoms with Gasteiger partial charge in [0.1, 0.15) is 0 Å². The third kappa shape index (κ3) is 3.94. The summed E-state index contributed by atoms with van der Waals surface area (Å²) < 4.78 is 0.788. The summed E-state index contributed by atoms with van der Waals surface area (Å²) in [4.78, 5) is 12.3. The van der Waals surface area contributed by atoms with Gasteiger partial charge in [-0.1, -0.05) is 34.7 Å². The molecule has 1 heterocycles. The number of thioether (sulfide) groups is 1. The summed E-state index contributed by atoms with van der Waals surface area (Å²) in [5.74, 6) is 0.0619. The molecular formula is C13H14ClN3OS2. The molecule has 0 aliphatic heterocycles. The van der Waals surface area contributed by atoms with Gasteiger partial charge < -0.3 is 5.32 Å². The second kappa shape index (κ2) is 7.06. The molecule has 2 aromatic rings. The molecule has 4 nitrogen and oxygen atoms in total. The highest BCUT2D eigenvalue weighted by Crippen LogP contribution is 2.30. The van der Waals surface area contributed by atoms with Crippen LogP contribution in [0.25, 0.3) is 0 Å². The number of carbonyl (C=O) groups excluding carboxylic acids is 1. The number of nitrogens with one attached hydrogen (secondary N) is 1. The van der Waals surface area contributed by atoms with Crippen molar-refractivity contribution in [2.24, 2.45) is 0 Å². The van der Waals surface area contributed by atoms with E-state index in [1.54, 1.807) is 24.3 Å². The van der Waals surface area contributed by atoms with Gasteiger partial charge in [-0.05, 0) is 38.1 Å². The van der Waals surface area contributed by atoms with Crippen LogP contribution in [0.1, 0.15) is 24.2 Å². The molecule has 106 valence electrons. The molecule has 0 spiro atoms. The van der Waals surface area contributed by atoms with Gasteiger partial charge in [0.15, 0.2) is 10.1 Å². The van der Waals surface area contributed by atoms with Crippen LogP contribution in [0.3, 0.4) is 0 Å². The SMILES string of the molecule is CCNc1nnc(S[C@H](C)C(=O)c2ccc(Cl)cc2)s1. The average molecular weight is 328 g/mol. The summed E-state index contributed by atoms with van der Waals surface area (Å²) in [6, 6.07) is 6.93. The van der Waals surface area contributed by atoms with Crippen LogP contribution in [0.4, 0.5) is 5.13 Å². The van der Waals surface area contributed by atoms with E-state index < -0.39 is 0 Å². The maximum Gasteiger partial charge on any atom is 0.206 e. The molecule has 0 bridgehead atoms. The minimum absolute atomic E-state index is 0.0619. The van der Waals surface area contributed by atoms with E-state index in [0.717, 1.165) is 16.0 Å². The predicted octanol–water partition coefficient (Wildman–Crippen LogP) is 3.99. The lowest BCUT2D eigenvalue weighted by Gasteiger charge is -2.07. The van der Waals surface area contributed by atoms with Gasteiger partial charge in [0.2, 0.25) is 5.13 Å². The van der Waals surface area contributed by atoms with Gasteiger partial charge in [-0.15, -0.1) is 10.2 Å². The van der Waals surface area contributed by atoms with Gasteiger partial charge in [0.25, 0.3) is 0 Å². The minimum Gasteiger partial charge on any atom is -0.360 e. The van der Waals surface area contributed by atoms with Gasteiger partial charge >= 0.3 is 0 Å². The monoisotopic (exact) mass is 327 g/mol. The number of carbonyl (C=O) groups is 1. The first-order valence-electron chi connectivity index (χ1n) is 6.14. The highest BCUT2D eigenvalue weighted by atomic mass is 35.5. The topological polar surface area (TPSA) is 54.9 Å². The Morgan fingerprint density at radius 3 is 2.75 bits per heavy atom. The van der Waals surface area contributed by atoms with Crippen LogP contribution >= 0.6 is 34.7 Å². The highest BCUT2D eigenvalue weighted by molar-refractivity contribution is 8.02. The Hall–Kier alpha value is -1.11. The van der Waals surface area contributed by atoms with E-state index in [2.05, 4.69) is 15.5 Å². The van der Waals surface area contributed by atoms with Gasteiger partial charge in [-0.25, -0.2) is 0 Å². The maximum absolute atomic E-state index is 12.3. The Morgan fingerprint density at radius 1 is 1.40 bits per heavy atom. The van der Waals surface area contributed by atoms with Gasteiger partial charge in [-0.2, -0.15) is 0 Å². The molecule has 2 rings (SSSR count). The van der Waals surface area contributed by atoms with Crippen molar-refractivity contribution >= 4 is 45.6 Å². The summed E-state index contributed by atoms with van der Waals surface area (Å²) in [6.45, 7) is 4.68. The van der Waals surface area contributed by atoms with E-state index in [0.29, 0.717) is 10.6 Å². The highest BCUT2D eigenvalue weighted by Gasteiger charge is 2.18. The molecule has 7 heteroatoms. The standard InChI is InChI=1S/C13H14ClN3OS2/c1-3-15-12-16-17-13(20-12)19-8(2)11(18)9-4-6-10(14)7-5-9/h4-8H,3H2,1-2H3,(H,15,16)/t8-/m1/s1. The summed E-state index contributed by atoms with van der Waals surface area (Å²) in [6.07, 6.45) is 0. The molecule has 1 aromatic heterocycles. The number of anilines is 1. The van der Waals surface area contributed by atoms with Crippen LogP contribution in [-0.2, 0) is 0 Å². The zero-order valence-corrected chi connectivity index (χ0v) is 13.5. The number of hydrogen-bond donors (Lipinski definition) is 1. The van der Waals surface area contributed by atoms with Crippen molar-refractivity contribution < 1.29 is 4.79 Å². The zero-order chi connectivity index (χ0) is 14.5. The number of ketones is 1. The predicted molar refractivity (Wildman–Crippen MR) is 85.2 cm³/mol. The Bertz CT molecular complexity index is 586. The summed E-state index contributed by atoms with van der Waals surface area (Å²) >= 11 is 8.70. The fraction of sp³-hybridized carbons (Fsp3) is 0.308. The van der Waals surface area contributed by atoms with E-state index in [4.69, 9.17) is 11.6 Å². The van der Waals surface area contributed by atoms with E-state index in [9.17, 15) is 4.79 Å². The second-order valence-corrected chi connectivity index (χ2v) is 7.04. The van der Waals surface area contributed by atoms with Crippen molar-refractivity contribution in [3.63, 3.8) is 0 Å². The Morgan fingerprint density at radius 2 is 2.10 bits per heavy atom. The molecule has 0 aliphatic carbocycles. The van der Waals surface area contributed by atoms with E-state index in [1.165, 1.54) is 23.1 Å². The van der Waals surface area contributed by atoms with Crippen molar-refractivity contribution in [3.8, 4) is 0 Å². The quantitative estimate of drug-likeness (QED) is 0.642. The lowest BCUT2D eigenvalue weighted by Crippen LogP contribution is -2.13. The van der Waals surface area contributed by atoms with Crippen molar-refractivity contribution in [3.05, 3.63) is 34.9 Å². The fourth-order valence-corrected chi connectivity index (χ4v) is 3.70. The first kappa shape index (κ1) is 15.3. The van der Waals surface area contributed by atoms with Crippen molar-refractivity contribution in [1.29, 1.82) is 0 Å². The summed E-state index contributed by atoms with van der Waals surface area (Å²) in [7, 11) is 0. The van der Waals surface area contributed by atoms with E-state index >= 15 is 0 Å². The van der Waals surface area contributed by atoms with Crippen LogP contribution < -0.4 is 5.32 Å². The van der Waals surface area contributed by atoms with Gasteiger partial charge in [-0.3, -0.25) is 4.79 Å². The molecule has 0 fully saturated rings. The van der Waals surface area contributed by atoms with Crippen LogP contribution in [0.5, 0.6) is 0 Å². The first-order chi connectivity index (χ1) is 9.60. The largest absolute Gasteiger partial charge is 0.360 e. The fourth-order valence-electron chi connectivity index (χ4n) is 1.53. The maximum atomic E-state index is 12.3. The lowest BCUT2D eigenvalue weighted by molar-refractivity contribution is 0.0994. The summed E-state index contributed by atoms with van der Waals surface area (Å²) in [5, 5.41) is 12.4. The molecule has 20 heavy (non-hydrogen) atoms. The lowest BCUT2D eigenvalue weighted by atomic mass is 10.1. The molecule has 0 unspecified atom stereocenters. The van der Waals surface area contributed by atoms with E-state index in [-0.39, 0.29) is 11.0 Å². The van der Waals surface area contributed by atoms with E-state index in [1.807, 2.05) is 13.8 Å². The molecular weight excluding hydrogens is 314 g/mol. The number of nitrogens with zero attached hydrogens (tertiary/aromatic N) is 2. The van der Waals surface area contributed by atoms with Crippen LogP contribution in [-0.4, -0.2) is 27.8 Å². The number of hydrogen-bond acceptors (Lipinski definition) is 6. The van der Waals surface area contributed by atoms with Crippen LogP contribution in [0.15, 0.2) is 28.6 Å². The number of benzene rings is 1. The number of rotatable bonds is 6. The third-order valence-electron chi connectivity index (χ3n) is 2.51. The molecule has 0 amide bonds. The van der Waals surface area contributed by atoms with Gasteiger partial charge in [0.05, 0.1) is 5.25 Å². The molecule has 1 atom stereocenters.